The molecule has 0 saturated carbocycles. The molecule has 1 fully saturated rings. The zero-order chi connectivity index (χ0) is 16.9. The average molecular weight is 345 g/mol. The van der Waals surface area contributed by atoms with E-state index in [1.807, 2.05) is 25.1 Å². The summed E-state index contributed by atoms with van der Waals surface area (Å²) in [5.41, 5.74) is 2.23. The van der Waals surface area contributed by atoms with Crippen molar-refractivity contribution in [2.45, 2.75) is 37.9 Å². The quantitative estimate of drug-likeness (QED) is 0.791. The molecule has 2 aliphatic rings. The number of ketones is 1. The molecule has 0 amide bonds. The molecule has 0 N–H and O–H groups in total. The van der Waals surface area contributed by atoms with Gasteiger partial charge in [-0.25, -0.2) is 0 Å². The molecule has 0 aliphatic carbocycles. The summed E-state index contributed by atoms with van der Waals surface area (Å²) in [6.45, 7) is 4.06. The highest BCUT2D eigenvalue weighted by atomic mass is 32.2. The Balaban J connectivity index is 1.60. The minimum atomic E-state index is 0.000364. The van der Waals surface area contributed by atoms with Gasteiger partial charge in [-0.05, 0) is 37.8 Å². The molecule has 3 rings (SSSR count). The molecule has 5 heteroatoms. The normalized spacial score (nSPS) is 20.9. The smallest absolute Gasteiger partial charge is 0.216 e. The van der Waals surface area contributed by atoms with Crippen LogP contribution in [0.1, 0.15) is 31.7 Å². The number of Topliss-reactive ketones (excluding diaryl/α,β-unsaturated/α-hetero) is 1. The van der Waals surface area contributed by atoms with E-state index >= 15 is 0 Å². The Morgan fingerprint density at radius 1 is 1.25 bits per heavy atom. The lowest BCUT2D eigenvalue weighted by Crippen LogP contribution is -2.30. The van der Waals surface area contributed by atoms with Crippen molar-refractivity contribution in [3.63, 3.8) is 0 Å². The molecule has 4 nitrogen and oxygen atoms in total. The fourth-order valence-electron chi connectivity index (χ4n) is 3.19. The van der Waals surface area contributed by atoms with Gasteiger partial charge in [-0.15, -0.1) is 0 Å². The van der Waals surface area contributed by atoms with Crippen molar-refractivity contribution in [3.05, 3.63) is 41.7 Å². The van der Waals surface area contributed by atoms with Crippen LogP contribution >= 0.6 is 11.8 Å². The third-order valence-electron chi connectivity index (χ3n) is 4.43. The maximum atomic E-state index is 12.3. The zero-order valence-corrected chi connectivity index (χ0v) is 14.8. The Bertz CT molecular complexity index is 650. The molecule has 1 atom stereocenters. The summed E-state index contributed by atoms with van der Waals surface area (Å²) in [5.74, 6) is 0.652. The molecule has 128 valence electrons. The monoisotopic (exact) mass is 345 g/mol. The van der Waals surface area contributed by atoms with Crippen LogP contribution in [-0.4, -0.2) is 35.8 Å². The minimum absolute atomic E-state index is 0.000364. The number of para-hydroxylation sites is 1. The van der Waals surface area contributed by atoms with Crippen molar-refractivity contribution in [3.8, 4) is 0 Å². The van der Waals surface area contributed by atoms with Crippen LogP contribution < -0.4 is 4.90 Å². The number of nitrogens with zero attached hydrogens (tertiary/aromatic N) is 1. The van der Waals surface area contributed by atoms with Crippen molar-refractivity contribution >= 4 is 28.3 Å². The number of piperidine rings is 1. The number of thioether (sulfide) groups is 1. The molecule has 1 aromatic rings. The summed E-state index contributed by atoms with van der Waals surface area (Å²) < 4.78 is 5.56. The van der Waals surface area contributed by atoms with E-state index in [1.54, 1.807) is 0 Å². The Kier molecular flexibility index (Phi) is 5.61. The van der Waals surface area contributed by atoms with Gasteiger partial charge in [0, 0.05) is 31.3 Å². The van der Waals surface area contributed by atoms with Gasteiger partial charge in [0.1, 0.15) is 12.4 Å². The predicted octanol–water partition coefficient (Wildman–Crippen LogP) is 3.35. The van der Waals surface area contributed by atoms with Gasteiger partial charge >= 0.3 is 0 Å². The molecule has 1 aromatic carbocycles. The largest absolute Gasteiger partial charge is 0.489 e. The highest BCUT2D eigenvalue weighted by molar-refractivity contribution is 8.15. The SMILES string of the molecule is CC1SC(=O)C=C1OCC(=O)Cc1ccccc1N1CCCCC1. The fraction of sp³-hybridized carbons (Fsp3) is 0.474. The summed E-state index contributed by atoms with van der Waals surface area (Å²) in [6, 6.07) is 8.14. The molecule has 0 radical (unpaired) electrons. The molecule has 0 spiro atoms. The number of ether oxygens (including phenoxy) is 1. The highest BCUT2D eigenvalue weighted by Gasteiger charge is 2.24. The van der Waals surface area contributed by atoms with E-state index in [9.17, 15) is 9.59 Å². The average Bonchev–Trinajstić information content (AvgIpc) is 2.92. The van der Waals surface area contributed by atoms with Gasteiger partial charge in [0.15, 0.2) is 5.78 Å². The number of hydrogen-bond acceptors (Lipinski definition) is 5. The van der Waals surface area contributed by atoms with Crippen LogP contribution in [0.3, 0.4) is 0 Å². The molecular weight excluding hydrogens is 322 g/mol. The van der Waals surface area contributed by atoms with Crippen molar-refractivity contribution in [1.82, 2.24) is 0 Å². The van der Waals surface area contributed by atoms with Gasteiger partial charge in [-0.1, -0.05) is 30.0 Å². The van der Waals surface area contributed by atoms with E-state index < -0.39 is 0 Å². The first kappa shape index (κ1) is 17.1. The maximum absolute atomic E-state index is 12.3. The lowest BCUT2D eigenvalue weighted by molar-refractivity contribution is -0.121. The lowest BCUT2D eigenvalue weighted by Gasteiger charge is -2.30. The van der Waals surface area contributed by atoms with E-state index in [4.69, 9.17) is 4.74 Å². The summed E-state index contributed by atoms with van der Waals surface area (Å²) in [7, 11) is 0. The standard InChI is InChI=1S/C19H23NO3S/c1-14-18(12-19(22)24-14)23-13-16(21)11-15-7-3-4-8-17(15)20-9-5-2-6-10-20/h3-4,7-8,12,14H,2,5-6,9-11,13H2,1H3. The van der Waals surface area contributed by atoms with Crippen molar-refractivity contribution in [2.75, 3.05) is 24.6 Å². The maximum Gasteiger partial charge on any atom is 0.216 e. The van der Waals surface area contributed by atoms with E-state index in [0.29, 0.717) is 12.2 Å². The molecule has 0 bridgehead atoms. The topological polar surface area (TPSA) is 46.6 Å². The summed E-state index contributed by atoms with van der Waals surface area (Å²) in [5, 5.41) is 0.00586. The number of carbonyl (C=O) groups is 2. The summed E-state index contributed by atoms with van der Waals surface area (Å²) >= 11 is 1.23. The molecule has 0 aromatic heterocycles. The van der Waals surface area contributed by atoms with Crippen LogP contribution in [0, 0.1) is 0 Å². The first-order chi connectivity index (χ1) is 11.6. The van der Waals surface area contributed by atoms with Crippen LogP contribution in [0.5, 0.6) is 0 Å². The molecule has 2 heterocycles. The Morgan fingerprint density at radius 3 is 2.71 bits per heavy atom. The van der Waals surface area contributed by atoms with E-state index in [0.717, 1.165) is 18.7 Å². The van der Waals surface area contributed by atoms with Crippen molar-refractivity contribution in [2.24, 2.45) is 0 Å². The van der Waals surface area contributed by atoms with Crippen LogP contribution in [-0.2, 0) is 20.7 Å². The first-order valence-electron chi connectivity index (χ1n) is 8.53. The van der Waals surface area contributed by atoms with Gasteiger partial charge < -0.3 is 9.64 Å². The van der Waals surface area contributed by atoms with E-state index in [2.05, 4.69) is 11.0 Å². The molecule has 1 saturated heterocycles. The lowest BCUT2D eigenvalue weighted by atomic mass is 10.0. The van der Waals surface area contributed by atoms with Gasteiger partial charge in [-0.2, -0.15) is 0 Å². The van der Waals surface area contributed by atoms with Crippen LogP contribution in [0.15, 0.2) is 36.1 Å². The number of anilines is 1. The molecular formula is C19H23NO3S. The number of carbonyl (C=O) groups excluding carboxylic acids is 2. The second-order valence-electron chi connectivity index (χ2n) is 6.31. The Labute approximate surface area is 147 Å². The second kappa shape index (κ2) is 7.88. The van der Waals surface area contributed by atoms with E-state index in [-0.39, 0.29) is 22.8 Å². The van der Waals surface area contributed by atoms with E-state index in [1.165, 1.54) is 42.8 Å². The zero-order valence-electron chi connectivity index (χ0n) is 14.0. The van der Waals surface area contributed by atoms with Gasteiger partial charge in [0.25, 0.3) is 0 Å². The number of benzene rings is 1. The van der Waals surface area contributed by atoms with Gasteiger partial charge in [0.05, 0.1) is 5.25 Å². The molecule has 24 heavy (non-hydrogen) atoms. The summed E-state index contributed by atoms with van der Waals surface area (Å²) in [6.07, 6.45) is 5.57. The predicted molar refractivity (Wildman–Crippen MR) is 97.3 cm³/mol. The van der Waals surface area contributed by atoms with Crippen LogP contribution in [0.2, 0.25) is 0 Å². The first-order valence-corrected chi connectivity index (χ1v) is 9.41. The number of hydrogen-bond donors (Lipinski definition) is 0. The van der Waals surface area contributed by atoms with Crippen LogP contribution in [0.4, 0.5) is 5.69 Å². The van der Waals surface area contributed by atoms with Crippen molar-refractivity contribution in [1.29, 1.82) is 0 Å². The molecule has 2 aliphatic heterocycles. The highest BCUT2D eigenvalue weighted by Crippen LogP contribution is 2.29. The number of rotatable bonds is 6. The van der Waals surface area contributed by atoms with Crippen LogP contribution in [0.25, 0.3) is 0 Å². The summed E-state index contributed by atoms with van der Waals surface area (Å²) in [4.78, 5) is 26.0. The van der Waals surface area contributed by atoms with Gasteiger partial charge in [-0.3, -0.25) is 9.59 Å². The Morgan fingerprint density at radius 2 is 2.00 bits per heavy atom. The third kappa shape index (κ3) is 4.20. The molecule has 1 unspecified atom stereocenters. The fourth-order valence-corrected chi connectivity index (χ4v) is 3.97. The second-order valence-corrected chi connectivity index (χ2v) is 7.65. The van der Waals surface area contributed by atoms with Crippen molar-refractivity contribution < 1.29 is 14.3 Å². The minimum Gasteiger partial charge on any atom is -0.489 e. The Hall–Kier alpha value is -1.75. The third-order valence-corrected chi connectivity index (χ3v) is 5.37. The van der Waals surface area contributed by atoms with Gasteiger partial charge in [0.2, 0.25) is 5.12 Å².